The van der Waals surface area contributed by atoms with E-state index in [-0.39, 0.29) is 5.56 Å². The van der Waals surface area contributed by atoms with Crippen LogP contribution in [-0.2, 0) is 0 Å². The van der Waals surface area contributed by atoms with Gasteiger partial charge < -0.3 is 9.84 Å². The van der Waals surface area contributed by atoms with Gasteiger partial charge in [-0.05, 0) is 19.1 Å². The number of hydrogen-bond donors (Lipinski definition) is 1. The van der Waals surface area contributed by atoms with Crippen LogP contribution < -0.4 is 4.74 Å². The van der Waals surface area contributed by atoms with Crippen LogP contribution in [-0.4, -0.2) is 12.2 Å². The number of aliphatic hydroxyl groups is 1. The third-order valence-corrected chi connectivity index (χ3v) is 1.66. The molecule has 2 nitrogen and oxygen atoms in total. The zero-order valence-corrected chi connectivity index (χ0v) is 7.04. The molecule has 0 fully saturated rings. The minimum absolute atomic E-state index is 0.288. The molecule has 1 aromatic carbocycles. The molecule has 0 aliphatic carbocycles. The molecule has 1 rings (SSSR count). The number of hydrogen-bond acceptors (Lipinski definition) is 2. The maximum absolute atomic E-state index is 13.0. The molecule has 0 aliphatic heterocycles. The van der Waals surface area contributed by atoms with Crippen LogP contribution in [0.25, 0.3) is 0 Å². The fraction of sp³-hybridized carbons (Fsp3) is 0.333. The molecule has 12 heavy (non-hydrogen) atoms. The summed E-state index contributed by atoms with van der Waals surface area (Å²) in [5.41, 5.74) is 0.288. The predicted molar refractivity (Wildman–Crippen MR) is 43.6 cm³/mol. The number of aliphatic hydroxyl groups excluding tert-OH is 1. The average Bonchev–Trinajstić information content (AvgIpc) is 2.03. The van der Waals surface area contributed by atoms with Crippen molar-refractivity contribution in [1.29, 1.82) is 0 Å². The summed E-state index contributed by atoms with van der Waals surface area (Å²) in [6.07, 6.45) is -0.782. The van der Waals surface area contributed by atoms with Crippen molar-refractivity contribution in [2.75, 3.05) is 7.11 Å². The van der Waals surface area contributed by atoms with Gasteiger partial charge >= 0.3 is 0 Å². The molecule has 0 radical (unpaired) electrons. The van der Waals surface area contributed by atoms with Crippen molar-refractivity contribution in [2.45, 2.75) is 13.0 Å². The largest absolute Gasteiger partial charge is 0.497 e. The zero-order chi connectivity index (χ0) is 9.14. The normalized spacial score (nSPS) is 12.7. The van der Waals surface area contributed by atoms with Gasteiger partial charge in [0.25, 0.3) is 0 Å². The Kier molecular flexibility index (Phi) is 2.65. The molecule has 0 saturated carbocycles. The van der Waals surface area contributed by atoms with Gasteiger partial charge in [-0.1, -0.05) is 0 Å². The standard InChI is InChI=1S/C9H11FO2/c1-6(11)8-4-3-7(12-2)5-9(8)10/h3-6,11H,1-2H3/t6-/m1/s1. The van der Waals surface area contributed by atoms with Gasteiger partial charge in [-0.2, -0.15) is 0 Å². The van der Waals surface area contributed by atoms with Crippen LogP contribution in [0.3, 0.4) is 0 Å². The molecule has 1 aromatic rings. The molecule has 0 spiro atoms. The topological polar surface area (TPSA) is 29.5 Å². The highest BCUT2D eigenvalue weighted by Crippen LogP contribution is 2.20. The summed E-state index contributed by atoms with van der Waals surface area (Å²) in [5, 5.41) is 9.09. The van der Waals surface area contributed by atoms with Crippen molar-refractivity contribution in [3.05, 3.63) is 29.6 Å². The first-order chi connectivity index (χ1) is 5.65. The monoisotopic (exact) mass is 170 g/mol. The second-order valence-electron chi connectivity index (χ2n) is 2.56. The predicted octanol–water partition coefficient (Wildman–Crippen LogP) is 1.89. The van der Waals surface area contributed by atoms with Crippen molar-refractivity contribution in [3.63, 3.8) is 0 Å². The molecule has 1 atom stereocenters. The molecule has 0 unspecified atom stereocenters. The summed E-state index contributed by atoms with van der Waals surface area (Å²) in [4.78, 5) is 0. The van der Waals surface area contributed by atoms with E-state index in [1.807, 2.05) is 0 Å². The van der Waals surface area contributed by atoms with Gasteiger partial charge in [-0.3, -0.25) is 0 Å². The van der Waals surface area contributed by atoms with Gasteiger partial charge in [0.2, 0.25) is 0 Å². The Hall–Kier alpha value is -1.09. The second kappa shape index (κ2) is 3.54. The van der Waals surface area contributed by atoms with Crippen molar-refractivity contribution in [1.82, 2.24) is 0 Å². The first-order valence-electron chi connectivity index (χ1n) is 3.66. The van der Waals surface area contributed by atoms with Crippen molar-refractivity contribution in [2.24, 2.45) is 0 Å². The molecule has 3 heteroatoms. The number of benzene rings is 1. The van der Waals surface area contributed by atoms with E-state index in [0.29, 0.717) is 5.75 Å². The maximum Gasteiger partial charge on any atom is 0.132 e. The number of halogens is 1. The van der Waals surface area contributed by atoms with Gasteiger partial charge in [-0.15, -0.1) is 0 Å². The number of rotatable bonds is 2. The molecule has 0 aliphatic rings. The Morgan fingerprint density at radius 1 is 1.50 bits per heavy atom. The highest BCUT2D eigenvalue weighted by atomic mass is 19.1. The van der Waals surface area contributed by atoms with E-state index >= 15 is 0 Å². The van der Waals surface area contributed by atoms with Crippen LogP contribution in [0.2, 0.25) is 0 Å². The SMILES string of the molecule is COc1ccc([C@@H](C)O)c(F)c1. The summed E-state index contributed by atoms with van der Waals surface area (Å²) in [7, 11) is 1.47. The smallest absolute Gasteiger partial charge is 0.132 e. The first-order valence-corrected chi connectivity index (χ1v) is 3.66. The lowest BCUT2D eigenvalue weighted by Gasteiger charge is -2.07. The lowest BCUT2D eigenvalue weighted by Crippen LogP contribution is -1.96. The number of ether oxygens (including phenoxy) is 1. The van der Waals surface area contributed by atoms with Crippen LogP contribution >= 0.6 is 0 Å². The molecule has 66 valence electrons. The van der Waals surface area contributed by atoms with E-state index in [9.17, 15) is 4.39 Å². The quantitative estimate of drug-likeness (QED) is 0.734. The fourth-order valence-electron chi connectivity index (χ4n) is 0.974. The summed E-state index contributed by atoms with van der Waals surface area (Å²) >= 11 is 0. The van der Waals surface area contributed by atoms with Crippen LogP contribution in [0.4, 0.5) is 4.39 Å². The van der Waals surface area contributed by atoms with Crippen LogP contribution in [0.15, 0.2) is 18.2 Å². The molecular weight excluding hydrogens is 159 g/mol. The van der Waals surface area contributed by atoms with Gasteiger partial charge in [0.1, 0.15) is 11.6 Å². The lowest BCUT2D eigenvalue weighted by molar-refractivity contribution is 0.194. The van der Waals surface area contributed by atoms with Crippen molar-refractivity contribution >= 4 is 0 Å². The Labute approximate surface area is 70.6 Å². The first kappa shape index (κ1) is 9.00. The molecule has 0 bridgehead atoms. The van der Waals surface area contributed by atoms with E-state index in [1.165, 1.54) is 26.2 Å². The Morgan fingerprint density at radius 2 is 2.17 bits per heavy atom. The van der Waals surface area contributed by atoms with E-state index in [4.69, 9.17) is 9.84 Å². The van der Waals surface area contributed by atoms with E-state index in [2.05, 4.69) is 0 Å². The highest BCUT2D eigenvalue weighted by Gasteiger charge is 2.07. The Balaban J connectivity index is 3.03. The van der Waals surface area contributed by atoms with Crippen LogP contribution in [0.1, 0.15) is 18.6 Å². The van der Waals surface area contributed by atoms with Gasteiger partial charge in [-0.25, -0.2) is 4.39 Å². The fourth-order valence-corrected chi connectivity index (χ4v) is 0.974. The molecule has 1 N–H and O–H groups in total. The Morgan fingerprint density at radius 3 is 2.58 bits per heavy atom. The Bertz CT molecular complexity index is 271. The summed E-state index contributed by atoms with van der Waals surface area (Å²) < 4.78 is 17.9. The molecular formula is C9H11FO2. The van der Waals surface area contributed by atoms with Gasteiger partial charge in [0.15, 0.2) is 0 Å². The average molecular weight is 170 g/mol. The third-order valence-electron chi connectivity index (χ3n) is 1.66. The van der Waals surface area contributed by atoms with E-state index in [1.54, 1.807) is 6.07 Å². The van der Waals surface area contributed by atoms with Crippen molar-refractivity contribution < 1.29 is 14.2 Å². The zero-order valence-electron chi connectivity index (χ0n) is 7.04. The van der Waals surface area contributed by atoms with Crippen LogP contribution in [0.5, 0.6) is 5.75 Å². The molecule has 0 saturated heterocycles. The lowest BCUT2D eigenvalue weighted by atomic mass is 10.1. The minimum atomic E-state index is -0.782. The molecule has 0 aromatic heterocycles. The number of methoxy groups -OCH3 is 1. The van der Waals surface area contributed by atoms with Gasteiger partial charge in [0.05, 0.1) is 13.2 Å². The second-order valence-corrected chi connectivity index (χ2v) is 2.56. The van der Waals surface area contributed by atoms with E-state index < -0.39 is 11.9 Å². The third kappa shape index (κ3) is 1.74. The highest BCUT2D eigenvalue weighted by molar-refractivity contribution is 5.29. The van der Waals surface area contributed by atoms with Crippen LogP contribution in [0, 0.1) is 5.82 Å². The maximum atomic E-state index is 13.0. The summed E-state index contributed by atoms with van der Waals surface area (Å²) in [6, 6.07) is 4.38. The summed E-state index contributed by atoms with van der Waals surface area (Å²) in [6.45, 7) is 1.52. The minimum Gasteiger partial charge on any atom is -0.497 e. The summed E-state index contributed by atoms with van der Waals surface area (Å²) in [5.74, 6) is 0.0150. The van der Waals surface area contributed by atoms with Gasteiger partial charge in [0, 0.05) is 11.6 Å². The molecule has 0 amide bonds. The van der Waals surface area contributed by atoms with E-state index in [0.717, 1.165) is 0 Å². The van der Waals surface area contributed by atoms with Crippen molar-refractivity contribution in [3.8, 4) is 5.75 Å². The molecule has 0 heterocycles.